The lowest BCUT2D eigenvalue weighted by Crippen LogP contribution is -2.35. The van der Waals surface area contributed by atoms with Crippen molar-refractivity contribution < 1.29 is 17.6 Å². The predicted molar refractivity (Wildman–Crippen MR) is 113 cm³/mol. The Morgan fingerprint density at radius 2 is 1.90 bits per heavy atom. The van der Waals surface area contributed by atoms with Crippen LogP contribution in [0.3, 0.4) is 0 Å². The second-order valence-corrected chi connectivity index (χ2v) is 8.88. The number of benzene rings is 2. The summed E-state index contributed by atoms with van der Waals surface area (Å²) in [5.41, 5.74) is 3.17. The molecule has 0 atom stereocenters. The zero-order chi connectivity index (χ0) is 20.3. The van der Waals surface area contributed by atoms with E-state index in [4.69, 9.17) is 4.42 Å². The smallest absolute Gasteiger partial charge is 0.293 e. The van der Waals surface area contributed by atoms with Crippen molar-refractivity contribution in [3.63, 3.8) is 0 Å². The Bertz CT molecular complexity index is 1090. The molecule has 1 aliphatic rings. The zero-order valence-corrected chi connectivity index (χ0v) is 16.7. The first-order valence-corrected chi connectivity index (χ1v) is 11.2. The van der Waals surface area contributed by atoms with Crippen LogP contribution < -0.4 is 9.62 Å². The number of nitrogens with zero attached hydrogens (tertiary/aromatic N) is 1. The first-order chi connectivity index (χ1) is 14.0. The lowest BCUT2D eigenvalue weighted by Gasteiger charge is -2.29. The zero-order valence-electron chi connectivity index (χ0n) is 15.9. The van der Waals surface area contributed by atoms with Gasteiger partial charge in [0.15, 0.2) is 5.76 Å². The number of sulfonamides is 1. The number of hydrogen-bond donors (Lipinski definition) is 1. The number of aryl methyl sites for hydroxylation is 2. The highest BCUT2D eigenvalue weighted by Gasteiger charge is 2.26. The summed E-state index contributed by atoms with van der Waals surface area (Å²) in [4.78, 5) is 14.4. The van der Waals surface area contributed by atoms with E-state index in [9.17, 15) is 13.2 Å². The summed E-state index contributed by atoms with van der Waals surface area (Å²) in [5.74, 6) is 0.0371. The van der Waals surface area contributed by atoms with Crippen molar-refractivity contribution in [3.05, 3.63) is 83.8 Å². The second-order valence-electron chi connectivity index (χ2n) is 7.04. The number of carbonyl (C=O) groups is 1. The summed E-state index contributed by atoms with van der Waals surface area (Å²) in [7, 11) is -3.51. The van der Waals surface area contributed by atoms with E-state index < -0.39 is 10.0 Å². The van der Waals surface area contributed by atoms with Crippen molar-refractivity contribution in [1.29, 1.82) is 0 Å². The molecule has 7 heteroatoms. The largest absolute Gasteiger partial charge is 0.459 e. The number of furan rings is 1. The summed E-state index contributed by atoms with van der Waals surface area (Å²) < 4.78 is 33.0. The molecule has 1 aromatic heterocycles. The van der Waals surface area contributed by atoms with Crippen molar-refractivity contribution in [2.24, 2.45) is 0 Å². The molecule has 0 unspecified atom stereocenters. The van der Waals surface area contributed by atoms with Gasteiger partial charge in [-0.2, -0.15) is 0 Å². The maximum Gasteiger partial charge on any atom is 0.293 e. The molecule has 0 radical (unpaired) electrons. The highest BCUT2D eigenvalue weighted by atomic mass is 32.2. The van der Waals surface area contributed by atoms with Crippen molar-refractivity contribution in [2.45, 2.75) is 19.3 Å². The maximum absolute atomic E-state index is 12.8. The van der Waals surface area contributed by atoms with E-state index in [2.05, 4.69) is 4.72 Å². The molecule has 4 rings (SSSR count). The summed E-state index contributed by atoms with van der Waals surface area (Å²) >= 11 is 0. The molecule has 1 N–H and O–H groups in total. The highest BCUT2D eigenvalue weighted by Crippen LogP contribution is 2.31. The van der Waals surface area contributed by atoms with Gasteiger partial charge in [0.25, 0.3) is 5.91 Å². The average Bonchev–Trinajstić information content (AvgIpc) is 3.27. The van der Waals surface area contributed by atoms with Gasteiger partial charge in [-0.15, -0.1) is 0 Å². The molecule has 6 nitrogen and oxygen atoms in total. The van der Waals surface area contributed by atoms with E-state index in [0.29, 0.717) is 18.7 Å². The maximum atomic E-state index is 12.8. The van der Waals surface area contributed by atoms with E-state index >= 15 is 0 Å². The van der Waals surface area contributed by atoms with Gasteiger partial charge in [0.2, 0.25) is 10.0 Å². The minimum absolute atomic E-state index is 0.0108. The third-order valence-corrected chi connectivity index (χ3v) is 6.24. The van der Waals surface area contributed by atoms with Gasteiger partial charge in [0.05, 0.1) is 17.7 Å². The average molecular weight is 410 g/mol. The first-order valence-electron chi connectivity index (χ1n) is 9.54. The third kappa shape index (κ3) is 4.51. The lowest BCUT2D eigenvalue weighted by molar-refractivity contribution is 0.0958. The molecular weight excluding hydrogens is 388 g/mol. The molecule has 150 valence electrons. The highest BCUT2D eigenvalue weighted by molar-refractivity contribution is 7.92. The van der Waals surface area contributed by atoms with Crippen LogP contribution in [0.4, 0.5) is 11.4 Å². The van der Waals surface area contributed by atoms with Crippen molar-refractivity contribution in [2.75, 3.05) is 21.9 Å². The fourth-order valence-electron chi connectivity index (χ4n) is 3.51. The first kappa shape index (κ1) is 19.3. The Kier molecular flexibility index (Phi) is 5.40. The third-order valence-electron chi connectivity index (χ3n) is 4.96. The summed E-state index contributed by atoms with van der Waals surface area (Å²) in [5, 5.41) is 0. The molecule has 1 amide bonds. The predicted octanol–water partition coefficient (Wildman–Crippen LogP) is 3.86. The van der Waals surface area contributed by atoms with Gasteiger partial charge in [-0.3, -0.25) is 9.52 Å². The summed E-state index contributed by atoms with van der Waals surface area (Å²) in [6, 6.07) is 18.2. The monoisotopic (exact) mass is 410 g/mol. The van der Waals surface area contributed by atoms with Crippen molar-refractivity contribution >= 4 is 27.3 Å². The van der Waals surface area contributed by atoms with Crippen LogP contribution in [0.1, 0.15) is 28.1 Å². The molecule has 1 aliphatic heterocycles. The Labute approximate surface area is 170 Å². The molecule has 0 saturated heterocycles. The van der Waals surface area contributed by atoms with Crippen LogP contribution in [0.15, 0.2) is 71.3 Å². The van der Waals surface area contributed by atoms with E-state index in [1.54, 1.807) is 29.2 Å². The minimum atomic E-state index is -3.51. The topological polar surface area (TPSA) is 79.6 Å². The number of nitrogens with one attached hydrogen (secondary N) is 1. The molecule has 0 saturated carbocycles. The van der Waals surface area contributed by atoms with E-state index in [-0.39, 0.29) is 17.4 Å². The number of rotatable bonds is 6. The van der Waals surface area contributed by atoms with Gasteiger partial charge >= 0.3 is 0 Å². The van der Waals surface area contributed by atoms with Crippen LogP contribution in [0.25, 0.3) is 0 Å². The van der Waals surface area contributed by atoms with E-state index in [0.717, 1.165) is 29.7 Å². The van der Waals surface area contributed by atoms with Crippen LogP contribution in [0, 0.1) is 0 Å². The Hall–Kier alpha value is -3.06. The molecule has 0 bridgehead atoms. The summed E-state index contributed by atoms with van der Waals surface area (Å²) in [6.45, 7) is 0.566. The summed E-state index contributed by atoms with van der Waals surface area (Å²) in [6.07, 6.45) is 3.60. The van der Waals surface area contributed by atoms with Gasteiger partial charge in [-0.25, -0.2) is 8.42 Å². The number of fused-ring (bicyclic) bond motifs is 1. The van der Waals surface area contributed by atoms with Crippen LogP contribution >= 0.6 is 0 Å². The van der Waals surface area contributed by atoms with E-state index in [1.165, 1.54) is 6.26 Å². The molecule has 0 fully saturated rings. The van der Waals surface area contributed by atoms with Crippen molar-refractivity contribution in [1.82, 2.24) is 0 Å². The van der Waals surface area contributed by atoms with Gasteiger partial charge < -0.3 is 9.32 Å². The fourth-order valence-corrected chi connectivity index (χ4v) is 4.60. The molecule has 2 aromatic carbocycles. The van der Waals surface area contributed by atoms with Crippen LogP contribution in [-0.2, 0) is 22.9 Å². The molecule has 0 spiro atoms. The second kappa shape index (κ2) is 8.13. The van der Waals surface area contributed by atoms with Gasteiger partial charge in [-0.1, -0.05) is 36.4 Å². The Morgan fingerprint density at radius 1 is 1.07 bits per heavy atom. The van der Waals surface area contributed by atoms with Crippen LogP contribution in [0.2, 0.25) is 0 Å². The van der Waals surface area contributed by atoms with Crippen molar-refractivity contribution in [3.8, 4) is 0 Å². The number of anilines is 2. The quantitative estimate of drug-likeness (QED) is 0.669. The molecule has 0 aliphatic carbocycles. The van der Waals surface area contributed by atoms with Gasteiger partial charge in [0, 0.05) is 12.2 Å². The SMILES string of the molecule is O=C(c1ccco1)N1CCCc2ccc(NS(=O)(=O)CCc3ccccc3)cc21. The molecule has 2 heterocycles. The fraction of sp³-hybridized carbons (Fsp3) is 0.227. The van der Waals surface area contributed by atoms with Crippen LogP contribution in [-0.4, -0.2) is 26.6 Å². The minimum Gasteiger partial charge on any atom is -0.459 e. The number of hydrogen-bond acceptors (Lipinski definition) is 4. The van der Waals surface area contributed by atoms with Crippen LogP contribution in [0.5, 0.6) is 0 Å². The Morgan fingerprint density at radius 3 is 2.66 bits per heavy atom. The standard InChI is InChI=1S/C22H22N2O4S/c25-22(21-9-5-14-28-21)24-13-4-8-18-10-11-19(16-20(18)24)23-29(26,27)15-12-17-6-2-1-3-7-17/h1-3,5-7,9-11,14,16,23H,4,8,12-13,15H2. The Balaban J connectivity index is 1.52. The molecule has 29 heavy (non-hydrogen) atoms. The van der Waals surface area contributed by atoms with Gasteiger partial charge in [-0.05, 0) is 54.7 Å². The number of amides is 1. The number of carbonyl (C=O) groups excluding carboxylic acids is 1. The van der Waals surface area contributed by atoms with Gasteiger partial charge in [0.1, 0.15) is 0 Å². The molecule has 3 aromatic rings. The van der Waals surface area contributed by atoms with E-state index in [1.807, 2.05) is 36.4 Å². The lowest BCUT2D eigenvalue weighted by atomic mass is 10.0. The normalized spacial score (nSPS) is 13.7. The molecular formula is C22H22N2O4S.